The number of pyridine rings is 1. The number of hydrogen-bond acceptors (Lipinski definition) is 6. The minimum absolute atomic E-state index is 0.639. The van der Waals surface area contributed by atoms with Gasteiger partial charge in [-0.3, -0.25) is 5.43 Å². The third-order valence-corrected chi connectivity index (χ3v) is 5.52. The maximum Gasteiger partial charge on any atom is 0.238 e. The Bertz CT molecular complexity index is 940. The van der Waals surface area contributed by atoms with E-state index in [1.54, 1.807) is 6.20 Å². The van der Waals surface area contributed by atoms with E-state index in [4.69, 9.17) is 0 Å². The highest BCUT2D eigenvalue weighted by Gasteiger charge is 2.14. The summed E-state index contributed by atoms with van der Waals surface area (Å²) in [5.41, 5.74) is 6.33. The number of halogens is 2. The SMILES string of the molecule is CN1CCN(Nc2ncc3cc(-c4cc(Br)cnc4Br)ccc3n2)CC1. The summed E-state index contributed by atoms with van der Waals surface area (Å²) in [7, 11) is 2.14. The van der Waals surface area contributed by atoms with Crippen LogP contribution < -0.4 is 5.43 Å². The predicted molar refractivity (Wildman–Crippen MR) is 111 cm³/mol. The Morgan fingerprint density at radius 2 is 1.81 bits per heavy atom. The molecule has 3 aromatic rings. The molecule has 4 rings (SSSR count). The summed E-state index contributed by atoms with van der Waals surface area (Å²) >= 11 is 7.00. The van der Waals surface area contributed by atoms with Crippen molar-refractivity contribution in [3.63, 3.8) is 0 Å². The number of hydrogen-bond donors (Lipinski definition) is 1. The third kappa shape index (κ3) is 3.88. The van der Waals surface area contributed by atoms with E-state index in [-0.39, 0.29) is 0 Å². The number of aromatic nitrogens is 3. The van der Waals surface area contributed by atoms with Gasteiger partial charge in [0.1, 0.15) is 4.60 Å². The summed E-state index contributed by atoms with van der Waals surface area (Å²) in [6, 6.07) is 8.21. The van der Waals surface area contributed by atoms with Gasteiger partial charge in [0.25, 0.3) is 0 Å². The Labute approximate surface area is 168 Å². The summed E-state index contributed by atoms with van der Waals surface area (Å²) in [5.74, 6) is 0.639. The quantitative estimate of drug-likeness (QED) is 0.579. The molecule has 0 spiro atoms. The van der Waals surface area contributed by atoms with Gasteiger partial charge in [0.2, 0.25) is 5.95 Å². The maximum atomic E-state index is 4.65. The number of benzene rings is 1. The molecule has 0 bridgehead atoms. The van der Waals surface area contributed by atoms with Crippen LogP contribution in [0.5, 0.6) is 0 Å². The fourth-order valence-corrected chi connectivity index (χ4v) is 3.72. The van der Waals surface area contributed by atoms with E-state index in [0.29, 0.717) is 5.95 Å². The number of nitrogens with zero attached hydrogens (tertiary/aromatic N) is 5. The second-order valence-electron chi connectivity index (χ2n) is 6.36. The number of rotatable bonds is 3. The van der Waals surface area contributed by atoms with Crippen molar-refractivity contribution in [1.29, 1.82) is 0 Å². The molecule has 0 atom stereocenters. The van der Waals surface area contributed by atoms with Gasteiger partial charge < -0.3 is 4.90 Å². The Kier molecular flexibility index (Phi) is 5.17. The number of anilines is 1. The molecule has 1 aliphatic heterocycles. The summed E-state index contributed by atoms with van der Waals surface area (Å²) in [6.45, 7) is 4.00. The monoisotopic (exact) mass is 476 g/mol. The molecule has 6 nitrogen and oxygen atoms in total. The smallest absolute Gasteiger partial charge is 0.238 e. The molecule has 26 heavy (non-hydrogen) atoms. The summed E-state index contributed by atoms with van der Waals surface area (Å²) in [4.78, 5) is 15.8. The van der Waals surface area contributed by atoms with Crippen LogP contribution in [-0.4, -0.2) is 58.1 Å². The molecule has 0 radical (unpaired) electrons. The molecule has 0 aliphatic carbocycles. The van der Waals surface area contributed by atoms with Crippen molar-refractivity contribution in [2.75, 3.05) is 38.7 Å². The highest BCUT2D eigenvalue weighted by molar-refractivity contribution is 9.11. The van der Waals surface area contributed by atoms with Crippen LogP contribution in [0.2, 0.25) is 0 Å². The first-order valence-electron chi connectivity index (χ1n) is 8.37. The van der Waals surface area contributed by atoms with Crippen molar-refractivity contribution < 1.29 is 0 Å². The van der Waals surface area contributed by atoms with E-state index in [1.807, 2.05) is 18.3 Å². The largest absolute Gasteiger partial charge is 0.304 e. The second kappa shape index (κ2) is 7.56. The predicted octanol–water partition coefficient (Wildman–Crippen LogP) is 3.79. The van der Waals surface area contributed by atoms with Crippen molar-refractivity contribution in [1.82, 2.24) is 24.9 Å². The molecule has 2 aromatic heterocycles. The Hall–Kier alpha value is -1.61. The Morgan fingerprint density at radius 1 is 1.00 bits per heavy atom. The van der Waals surface area contributed by atoms with Crippen LogP contribution in [0.25, 0.3) is 22.0 Å². The summed E-state index contributed by atoms with van der Waals surface area (Å²) in [6.07, 6.45) is 3.64. The Balaban J connectivity index is 1.59. The van der Waals surface area contributed by atoms with E-state index in [2.05, 4.69) is 81.3 Å². The highest BCUT2D eigenvalue weighted by atomic mass is 79.9. The molecule has 1 aromatic carbocycles. The zero-order valence-corrected chi connectivity index (χ0v) is 17.5. The van der Waals surface area contributed by atoms with Crippen LogP contribution in [0.4, 0.5) is 5.95 Å². The molecular weight excluding hydrogens is 460 g/mol. The highest BCUT2D eigenvalue weighted by Crippen LogP contribution is 2.31. The molecular formula is C18H18Br2N6. The fourth-order valence-electron chi connectivity index (χ4n) is 2.94. The van der Waals surface area contributed by atoms with Crippen LogP contribution in [0, 0.1) is 0 Å². The van der Waals surface area contributed by atoms with Gasteiger partial charge in [0.05, 0.1) is 5.52 Å². The Morgan fingerprint density at radius 3 is 2.62 bits per heavy atom. The van der Waals surface area contributed by atoms with Gasteiger partial charge in [0.15, 0.2) is 0 Å². The van der Waals surface area contributed by atoms with Crippen molar-refractivity contribution in [2.45, 2.75) is 0 Å². The van der Waals surface area contributed by atoms with Crippen molar-refractivity contribution in [2.24, 2.45) is 0 Å². The molecule has 134 valence electrons. The van der Waals surface area contributed by atoms with Crippen LogP contribution in [0.15, 0.2) is 45.7 Å². The van der Waals surface area contributed by atoms with E-state index < -0.39 is 0 Å². The van der Waals surface area contributed by atoms with Crippen molar-refractivity contribution >= 4 is 48.7 Å². The van der Waals surface area contributed by atoms with Gasteiger partial charge in [-0.1, -0.05) is 6.07 Å². The van der Waals surface area contributed by atoms with Crippen LogP contribution >= 0.6 is 31.9 Å². The summed E-state index contributed by atoms with van der Waals surface area (Å²) in [5, 5.41) is 3.16. The third-order valence-electron chi connectivity index (χ3n) is 4.46. The first kappa shape index (κ1) is 17.8. The zero-order valence-electron chi connectivity index (χ0n) is 14.3. The molecule has 8 heteroatoms. The number of likely N-dealkylation sites (N-methyl/N-ethyl adjacent to an activating group) is 1. The van der Waals surface area contributed by atoms with Crippen LogP contribution in [0.3, 0.4) is 0 Å². The lowest BCUT2D eigenvalue weighted by atomic mass is 10.1. The first-order chi connectivity index (χ1) is 12.6. The van der Waals surface area contributed by atoms with Gasteiger partial charge in [-0.05, 0) is 62.7 Å². The van der Waals surface area contributed by atoms with Gasteiger partial charge in [-0.15, -0.1) is 0 Å². The van der Waals surface area contributed by atoms with Crippen molar-refractivity contribution in [3.8, 4) is 11.1 Å². The maximum absolute atomic E-state index is 4.65. The normalized spacial score (nSPS) is 16.1. The molecule has 3 heterocycles. The fraction of sp³-hybridized carbons (Fsp3) is 0.278. The van der Waals surface area contributed by atoms with E-state index in [1.165, 1.54) is 0 Å². The first-order valence-corrected chi connectivity index (χ1v) is 9.95. The lowest BCUT2D eigenvalue weighted by Crippen LogP contribution is -2.47. The molecule has 0 unspecified atom stereocenters. The molecule has 1 fully saturated rings. The van der Waals surface area contributed by atoms with Gasteiger partial charge in [0, 0.05) is 54.0 Å². The summed E-state index contributed by atoms with van der Waals surface area (Å²) < 4.78 is 1.76. The van der Waals surface area contributed by atoms with Crippen LogP contribution in [-0.2, 0) is 0 Å². The van der Waals surface area contributed by atoms with Gasteiger partial charge in [-0.25, -0.2) is 20.0 Å². The van der Waals surface area contributed by atoms with Crippen molar-refractivity contribution in [3.05, 3.63) is 45.7 Å². The number of hydrazine groups is 1. The molecule has 1 aliphatic rings. The molecule has 0 amide bonds. The topological polar surface area (TPSA) is 57.2 Å². The molecule has 0 saturated carbocycles. The molecule has 1 N–H and O–H groups in total. The van der Waals surface area contributed by atoms with Gasteiger partial charge >= 0.3 is 0 Å². The lowest BCUT2D eigenvalue weighted by Gasteiger charge is -2.32. The van der Waals surface area contributed by atoms with E-state index in [0.717, 1.165) is 57.3 Å². The lowest BCUT2D eigenvalue weighted by molar-refractivity contribution is 0.178. The van der Waals surface area contributed by atoms with E-state index in [9.17, 15) is 0 Å². The van der Waals surface area contributed by atoms with Crippen LogP contribution in [0.1, 0.15) is 0 Å². The second-order valence-corrected chi connectivity index (χ2v) is 8.03. The zero-order chi connectivity index (χ0) is 18.1. The minimum Gasteiger partial charge on any atom is -0.304 e. The minimum atomic E-state index is 0.639. The number of fused-ring (bicyclic) bond motifs is 1. The number of piperazine rings is 1. The number of nitrogens with one attached hydrogen (secondary N) is 1. The standard InChI is InChI=1S/C18H18Br2N6/c1-25-4-6-26(7-5-25)24-18-22-10-13-8-12(2-3-16(13)23-18)15-9-14(19)11-21-17(15)20/h2-3,8-11H,4-7H2,1H3,(H,22,23,24). The average molecular weight is 478 g/mol. The van der Waals surface area contributed by atoms with E-state index >= 15 is 0 Å². The van der Waals surface area contributed by atoms with Gasteiger partial charge in [-0.2, -0.15) is 0 Å². The average Bonchev–Trinajstić information content (AvgIpc) is 2.65. The molecule has 1 saturated heterocycles.